The molecule has 0 aliphatic carbocycles. The maximum atomic E-state index is 13.4. The summed E-state index contributed by atoms with van der Waals surface area (Å²) in [5.74, 6) is 1.60. The van der Waals surface area contributed by atoms with Crippen LogP contribution in [0.3, 0.4) is 0 Å². The molecule has 0 radical (unpaired) electrons. The van der Waals surface area contributed by atoms with Gasteiger partial charge in [0.05, 0.1) is 17.8 Å². The SMILES string of the molecule is COc1ccc(-c2nn(-c3ccccc3Cl)c(N)c2NC(=O)N2CCC(Cc3ccccc3)CC2)cc1. The van der Waals surface area contributed by atoms with Crippen LogP contribution in [0.25, 0.3) is 16.9 Å². The summed E-state index contributed by atoms with van der Waals surface area (Å²) in [7, 11) is 1.62. The fraction of sp³-hybridized carbons (Fsp3) is 0.241. The number of carbonyl (C=O) groups excluding carboxylic acids is 1. The minimum atomic E-state index is -0.182. The van der Waals surface area contributed by atoms with Crippen LogP contribution in [-0.4, -0.2) is 40.9 Å². The predicted octanol–water partition coefficient (Wildman–Crippen LogP) is 6.27. The lowest BCUT2D eigenvalue weighted by Crippen LogP contribution is -2.41. The second-order valence-electron chi connectivity index (χ2n) is 9.25. The van der Waals surface area contributed by atoms with Crippen molar-refractivity contribution in [3.63, 3.8) is 0 Å². The van der Waals surface area contributed by atoms with E-state index < -0.39 is 0 Å². The lowest BCUT2D eigenvalue weighted by molar-refractivity contribution is 0.182. The number of nitrogens with two attached hydrogens (primary N) is 1. The molecule has 1 aliphatic rings. The number of urea groups is 1. The lowest BCUT2D eigenvalue weighted by Gasteiger charge is -2.32. The predicted molar refractivity (Wildman–Crippen MR) is 148 cm³/mol. The molecule has 37 heavy (non-hydrogen) atoms. The van der Waals surface area contributed by atoms with Crippen molar-refractivity contribution in [1.82, 2.24) is 14.7 Å². The number of para-hydroxylation sites is 1. The smallest absolute Gasteiger partial charge is 0.322 e. The summed E-state index contributed by atoms with van der Waals surface area (Å²) in [5.41, 5.74) is 10.4. The van der Waals surface area contributed by atoms with Gasteiger partial charge in [0.1, 0.15) is 17.1 Å². The highest BCUT2D eigenvalue weighted by atomic mass is 35.5. The van der Waals surface area contributed by atoms with Crippen LogP contribution in [0.4, 0.5) is 16.3 Å². The number of ether oxygens (including phenoxy) is 1. The molecule has 0 bridgehead atoms. The number of methoxy groups -OCH3 is 1. The Hall–Kier alpha value is -3.97. The van der Waals surface area contributed by atoms with Crippen molar-refractivity contribution in [2.75, 3.05) is 31.2 Å². The molecule has 0 spiro atoms. The van der Waals surface area contributed by atoms with Crippen LogP contribution < -0.4 is 15.8 Å². The van der Waals surface area contributed by atoms with Crippen LogP contribution in [-0.2, 0) is 6.42 Å². The van der Waals surface area contributed by atoms with E-state index in [0.29, 0.717) is 46.9 Å². The van der Waals surface area contributed by atoms with Gasteiger partial charge in [0.2, 0.25) is 0 Å². The molecule has 4 aromatic rings. The number of nitrogens with one attached hydrogen (secondary N) is 1. The maximum Gasteiger partial charge on any atom is 0.322 e. The highest BCUT2D eigenvalue weighted by Crippen LogP contribution is 2.36. The lowest BCUT2D eigenvalue weighted by atomic mass is 9.90. The number of hydrogen-bond donors (Lipinski definition) is 2. The molecule has 8 heteroatoms. The standard InChI is InChI=1S/C29H30ClN5O2/c1-37-23-13-11-22(12-14-23)26-27(28(31)35(33-26)25-10-6-5-9-24(25)30)32-29(36)34-17-15-21(16-18-34)19-20-7-3-2-4-8-20/h2-14,21H,15-19,31H2,1H3,(H,32,36). The number of hydrogen-bond acceptors (Lipinski definition) is 4. The number of carbonyl (C=O) groups is 1. The summed E-state index contributed by atoms with van der Waals surface area (Å²) in [6, 6.07) is 25.2. The van der Waals surface area contributed by atoms with E-state index in [2.05, 4.69) is 29.6 Å². The first-order chi connectivity index (χ1) is 18.0. The summed E-state index contributed by atoms with van der Waals surface area (Å²) in [5, 5.41) is 8.32. The Morgan fingerprint density at radius 1 is 1.03 bits per heavy atom. The normalized spacial score (nSPS) is 13.9. The zero-order chi connectivity index (χ0) is 25.8. The number of rotatable bonds is 6. The number of amides is 2. The van der Waals surface area contributed by atoms with Gasteiger partial charge in [0.25, 0.3) is 0 Å². The largest absolute Gasteiger partial charge is 0.497 e. The molecule has 5 rings (SSSR count). The molecule has 1 saturated heterocycles. The van der Waals surface area contributed by atoms with Crippen LogP contribution in [0, 0.1) is 5.92 Å². The Bertz CT molecular complexity index is 1360. The summed E-state index contributed by atoms with van der Waals surface area (Å²) < 4.78 is 6.87. The van der Waals surface area contributed by atoms with Crippen molar-refractivity contribution in [1.29, 1.82) is 0 Å². The van der Waals surface area contributed by atoms with Crippen LogP contribution in [0.1, 0.15) is 18.4 Å². The second kappa shape index (κ2) is 11.0. The third-order valence-corrected chi connectivity index (χ3v) is 7.19. The summed E-state index contributed by atoms with van der Waals surface area (Å²) in [4.78, 5) is 15.2. The number of benzene rings is 3. The van der Waals surface area contributed by atoms with Gasteiger partial charge in [-0.3, -0.25) is 0 Å². The van der Waals surface area contributed by atoms with Crippen molar-refractivity contribution in [2.24, 2.45) is 5.92 Å². The Morgan fingerprint density at radius 3 is 2.38 bits per heavy atom. The highest BCUT2D eigenvalue weighted by Gasteiger charge is 2.26. The van der Waals surface area contributed by atoms with Crippen molar-refractivity contribution < 1.29 is 9.53 Å². The van der Waals surface area contributed by atoms with E-state index in [1.807, 2.05) is 53.4 Å². The topological polar surface area (TPSA) is 85.4 Å². The van der Waals surface area contributed by atoms with Gasteiger partial charge < -0.3 is 20.7 Å². The maximum absolute atomic E-state index is 13.4. The molecule has 0 unspecified atom stereocenters. The van der Waals surface area contributed by atoms with E-state index in [-0.39, 0.29) is 6.03 Å². The summed E-state index contributed by atoms with van der Waals surface area (Å²) >= 11 is 6.45. The van der Waals surface area contributed by atoms with E-state index in [9.17, 15) is 4.79 Å². The molecular weight excluding hydrogens is 486 g/mol. The van der Waals surface area contributed by atoms with Crippen molar-refractivity contribution in [3.8, 4) is 22.7 Å². The second-order valence-corrected chi connectivity index (χ2v) is 9.66. The molecule has 2 amide bonds. The first-order valence-corrected chi connectivity index (χ1v) is 12.8. The van der Waals surface area contributed by atoms with Gasteiger partial charge in [0.15, 0.2) is 5.82 Å². The molecule has 2 heterocycles. The minimum Gasteiger partial charge on any atom is -0.497 e. The van der Waals surface area contributed by atoms with E-state index in [4.69, 9.17) is 27.2 Å². The molecule has 0 atom stereocenters. The number of anilines is 2. The van der Waals surface area contributed by atoms with Gasteiger partial charge in [-0.2, -0.15) is 5.10 Å². The van der Waals surface area contributed by atoms with E-state index in [1.54, 1.807) is 17.9 Å². The van der Waals surface area contributed by atoms with Gasteiger partial charge in [-0.15, -0.1) is 0 Å². The van der Waals surface area contributed by atoms with Crippen molar-refractivity contribution in [2.45, 2.75) is 19.3 Å². The number of aromatic nitrogens is 2. The van der Waals surface area contributed by atoms with Crippen LogP contribution in [0.15, 0.2) is 78.9 Å². The van der Waals surface area contributed by atoms with E-state index in [1.165, 1.54) is 5.56 Å². The van der Waals surface area contributed by atoms with E-state index in [0.717, 1.165) is 30.6 Å². The monoisotopic (exact) mass is 515 g/mol. The molecule has 3 aromatic carbocycles. The molecule has 1 fully saturated rings. The zero-order valence-corrected chi connectivity index (χ0v) is 21.5. The summed E-state index contributed by atoms with van der Waals surface area (Å²) in [6.07, 6.45) is 2.96. The average Bonchev–Trinajstić information content (AvgIpc) is 3.25. The molecule has 1 aliphatic heterocycles. The fourth-order valence-corrected chi connectivity index (χ4v) is 5.00. The van der Waals surface area contributed by atoms with Gasteiger partial charge in [-0.05, 0) is 67.1 Å². The molecular formula is C29H30ClN5O2. The van der Waals surface area contributed by atoms with Gasteiger partial charge in [0, 0.05) is 18.7 Å². The number of nitrogens with zero attached hydrogens (tertiary/aromatic N) is 3. The van der Waals surface area contributed by atoms with E-state index >= 15 is 0 Å². The van der Waals surface area contributed by atoms with Gasteiger partial charge in [-0.25, -0.2) is 9.48 Å². The Morgan fingerprint density at radius 2 is 1.70 bits per heavy atom. The molecule has 0 saturated carbocycles. The third kappa shape index (κ3) is 5.42. The first-order valence-electron chi connectivity index (χ1n) is 12.4. The van der Waals surface area contributed by atoms with Gasteiger partial charge >= 0.3 is 6.03 Å². The molecule has 1 aromatic heterocycles. The highest BCUT2D eigenvalue weighted by molar-refractivity contribution is 6.32. The molecule has 3 N–H and O–H groups in total. The number of likely N-dealkylation sites (tertiary alicyclic amines) is 1. The first kappa shape index (κ1) is 24.7. The summed E-state index contributed by atoms with van der Waals surface area (Å²) in [6.45, 7) is 1.39. The average molecular weight is 516 g/mol. The Labute approximate surface area is 221 Å². The number of nitrogen functional groups attached to an aromatic ring is 1. The van der Waals surface area contributed by atoms with Gasteiger partial charge in [-0.1, -0.05) is 54.1 Å². The minimum absolute atomic E-state index is 0.182. The quantitative estimate of drug-likeness (QED) is 0.317. The molecule has 7 nitrogen and oxygen atoms in total. The zero-order valence-electron chi connectivity index (χ0n) is 20.7. The van der Waals surface area contributed by atoms with Crippen LogP contribution in [0.5, 0.6) is 5.75 Å². The fourth-order valence-electron chi connectivity index (χ4n) is 4.79. The molecule has 190 valence electrons. The third-order valence-electron chi connectivity index (χ3n) is 6.87. The Balaban J connectivity index is 1.37. The van der Waals surface area contributed by atoms with Crippen LogP contribution in [0.2, 0.25) is 5.02 Å². The number of piperidine rings is 1. The Kier molecular flexibility index (Phi) is 7.32. The van der Waals surface area contributed by atoms with Crippen LogP contribution >= 0.6 is 11.6 Å². The van der Waals surface area contributed by atoms with Crippen molar-refractivity contribution in [3.05, 3.63) is 89.4 Å². The van der Waals surface area contributed by atoms with Crippen molar-refractivity contribution >= 4 is 29.1 Å². The number of halogens is 1.